The van der Waals surface area contributed by atoms with Gasteiger partial charge in [0, 0.05) is 31.5 Å². The molecule has 2 fully saturated rings. The van der Waals surface area contributed by atoms with E-state index in [2.05, 4.69) is 10.3 Å². The summed E-state index contributed by atoms with van der Waals surface area (Å²) in [6, 6.07) is 1.10. The number of nitrogens with one attached hydrogen (secondary N) is 1. The topological polar surface area (TPSA) is 106 Å². The Morgan fingerprint density at radius 3 is 2.58 bits per heavy atom. The van der Waals surface area contributed by atoms with Crippen LogP contribution in [-0.4, -0.2) is 74.0 Å². The quantitative estimate of drug-likeness (QED) is 0.783. The lowest BCUT2D eigenvalue weighted by molar-refractivity contribution is 0.0302. The second kappa shape index (κ2) is 6.86. The first kappa shape index (κ1) is 16.8. The van der Waals surface area contributed by atoms with Gasteiger partial charge in [-0.05, 0) is 12.5 Å². The van der Waals surface area contributed by atoms with Crippen LogP contribution in [-0.2, 0) is 14.6 Å². The molecule has 24 heavy (non-hydrogen) atoms. The zero-order chi connectivity index (χ0) is 17.2. The van der Waals surface area contributed by atoms with Crippen molar-refractivity contribution in [3.8, 4) is 0 Å². The monoisotopic (exact) mass is 353 g/mol. The molecule has 0 bridgehead atoms. The van der Waals surface area contributed by atoms with E-state index in [9.17, 15) is 18.0 Å². The molecule has 8 nitrogen and oxygen atoms in total. The van der Waals surface area contributed by atoms with Crippen LogP contribution in [0.2, 0.25) is 0 Å². The average molecular weight is 353 g/mol. The zero-order valence-corrected chi connectivity index (χ0v) is 13.9. The summed E-state index contributed by atoms with van der Waals surface area (Å²) in [6.07, 6.45) is 3.21. The van der Waals surface area contributed by atoms with E-state index < -0.39 is 15.7 Å². The minimum Gasteiger partial charge on any atom is -0.378 e. The number of pyridine rings is 1. The van der Waals surface area contributed by atoms with E-state index in [0.717, 1.165) is 0 Å². The summed E-state index contributed by atoms with van der Waals surface area (Å²) in [6.45, 7) is 2.01. The van der Waals surface area contributed by atoms with Gasteiger partial charge in [-0.1, -0.05) is 0 Å². The van der Waals surface area contributed by atoms with Crippen molar-refractivity contribution < 1.29 is 22.7 Å². The van der Waals surface area contributed by atoms with Crippen molar-refractivity contribution >= 4 is 21.7 Å². The number of rotatable bonds is 3. The molecule has 0 spiro atoms. The van der Waals surface area contributed by atoms with E-state index in [0.29, 0.717) is 38.3 Å². The fourth-order valence-corrected chi connectivity index (χ4v) is 4.48. The SMILES string of the molecule is O=C(NC1CCS(=O)(=O)C1)c1cncc(C(=O)N2CCOCC2)c1. The molecule has 1 atom stereocenters. The summed E-state index contributed by atoms with van der Waals surface area (Å²) in [5.41, 5.74) is 0.585. The second-order valence-electron chi connectivity index (χ2n) is 5.94. The summed E-state index contributed by atoms with van der Waals surface area (Å²) in [4.78, 5) is 30.3. The van der Waals surface area contributed by atoms with Gasteiger partial charge in [-0.15, -0.1) is 0 Å². The molecule has 1 aromatic heterocycles. The first-order chi connectivity index (χ1) is 11.4. The van der Waals surface area contributed by atoms with Crippen LogP contribution < -0.4 is 5.32 Å². The Morgan fingerprint density at radius 1 is 1.21 bits per heavy atom. The van der Waals surface area contributed by atoms with Crippen LogP contribution >= 0.6 is 0 Å². The van der Waals surface area contributed by atoms with Gasteiger partial charge in [-0.2, -0.15) is 0 Å². The number of ether oxygens (including phenoxy) is 1. The molecular formula is C15H19N3O5S. The largest absolute Gasteiger partial charge is 0.378 e. The Balaban J connectivity index is 1.68. The second-order valence-corrected chi connectivity index (χ2v) is 8.17. The predicted octanol–water partition coefficient (Wildman–Crippen LogP) is -0.529. The molecule has 2 aliphatic heterocycles. The summed E-state index contributed by atoms with van der Waals surface area (Å²) >= 11 is 0. The lowest BCUT2D eigenvalue weighted by Gasteiger charge is -2.26. The highest BCUT2D eigenvalue weighted by molar-refractivity contribution is 7.91. The minimum absolute atomic E-state index is 0.0431. The Morgan fingerprint density at radius 2 is 1.92 bits per heavy atom. The maximum absolute atomic E-state index is 12.4. The number of hydrogen-bond acceptors (Lipinski definition) is 6. The van der Waals surface area contributed by atoms with Crippen LogP contribution in [0.4, 0.5) is 0 Å². The van der Waals surface area contributed by atoms with E-state index in [1.807, 2.05) is 0 Å². The van der Waals surface area contributed by atoms with Crippen molar-refractivity contribution in [1.82, 2.24) is 15.2 Å². The van der Waals surface area contributed by atoms with Crippen molar-refractivity contribution in [2.45, 2.75) is 12.5 Å². The molecule has 2 aliphatic rings. The van der Waals surface area contributed by atoms with Gasteiger partial charge < -0.3 is 15.0 Å². The van der Waals surface area contributed by atoms with E-state index in [1.165, 1.54) is 18.5 Å². The number of nitrogens with zero attached hydrogens (tertiary/aromatic N) is 2. The number of carbonyl (C=O) groups excluding carboxylic acids is 2. The zero-order valence-electron chi connectivity index (χ0n) is 13.1. The number of hydrogen-bond donors (Lipinski definition) is 1. The summed E-state index contributed by atoms with van der Waals surface area (Å²) in [7, 11) is -3.06. The normalized spacial score (nSPS) is 23.0. The third-order valence-electron chi connectivity index (χ3n) is 4.11. The van der Waals surface area contributed by atoms with Gasteiger partial charge in [-0.25, -0.2) is 8.42 Å². The Bertz CT molecular complexity index is 743. The molecule has 0 radical (unpaired) electrons. The van der Waals surface area contributed by atoms with Gasteiger partial charge >= 0.3 is 0 Å². The molecule has 1 N–H and O–H groups in total. The number of amides is 2. The van der Waals surface area contributed by atoms with Gasteiger partial charge in [0.05, 0.1) is 35.8 Å². The fraction of sp³-hybridized carbons (Fsp3) is 0.533. The van der Waals surface area contributed by atoms with E-state index in [1.54, 1.807) is 4.90 Å². The van der Waals surface area contributed by atoms with Crippen LogP contribution in [0.1, 0.15) is 27.1 Å². The van der Waals surface area contributed by atoms with Crippen molar-refractivity contribution in [3.05, 3.63) is 29.6 Å². The van der Waals surface area contributed by atoms with Gasteiger partial charge in [-0.3, -0.25) is 14.6 Å². The summed E-state index contributed by atoms with van der Waals surface area (Å²) in [5.74, 6) is -0.560. The van der Waals surface area contributed by atoms with Crippen LogP contribution in [0.3, 0.4) is 0 Å². The fourth-order valence-electron chi connectivity index (χ4n) is 2.81. The van der Waals surface area contributed by atoms with Crippen LogP contribution in [0.15, 0.2) is 18.5 Å². The van der Waals surface area contributed by atoms with Crippen LogP contribution in [0.5, 0.6) is 0 Å². The van der Waals surface area contributed by atoms with Crippen molar-refractivity contribution in [2.24, 2.45) is 0 Å². The van der Waals surface area contributed by atoms with E-state index >= 15 is 0 Å². The standard InChI is InChI=1S/C15H19N3O5S/c19-14(17-13-1-6-24(21,22)10-13)11-7-12(9-16-8-11)15(20)18-2-4-23-5-3-18/h7-9,13H,1-6,10H2,(H,17,19). The highest BCUT2D eigenvalue weighted by Crippen LogP contribution is 2.13. The smallest absolute Gasteiger partial charge is 0.255 e. The van der Waals surface area contributed by atoms with Crippen molar-refractivity contribution in [3.63, 3.8) is 0 Å². The molecule has 3 heterocycles. The number of sulfone groups is 1. The Hall–Kier alpha value is -2.00. The molecule has 0 aromatic carbocycles. The minimum atomic E-state index is -3.06. The molecular weight excluding hydrogens is 334 g/mol. The van der Waals surface area contributed by atoms with Gasteiger partial charge in [0.2, 0.25) is 0 Å². The number of aromatic nitrogens is 1. The maximum Gasteiger partial charge on any atom is 0.255 e. The van der Waals surface area contributed by atoms with E-state index in [4.69, 9.17) is 4.74 Å². The van der Waals surface area contributed by atoms with Crippen LogP contribution in [0, 0.1) is 0 Å². The summed E-state index contributed by atoms with van der Waals surface area (Å²) < 4.78 is 28.1. The number of morpholine rings is 1. The molecule has 2 saturated heterocycles. The van der Waals surface area contributed by atoms with Gasteiger partial charge in [0.15, 0.2) is 9.84 Å². The first-order valence-corrected chi connectivity index (χ1v) is 9.60. The molecule has 1 unspecified atom stereocenters. The molecule has 3 rings (SSSR count). The Kier molecular flexibility index (Phi) is 4.81. The predicted molar refractivity (Wildman–Crippen MR) is 85.5 cm³/mol. The molecule has 0 saturated carbocycles. The highest BCUT2D eigenvalue weighted by atomic mass is 32.2. The molecule has 2 amide bonds. The third kappa shape index (κ3) is 3.90. The van der Waals surface area contributed by atoms with Crippen molar-refractivity contribution in [2.75, 3.05) is 37.8 Å². The van der Waals surface area contributed by atoms with Gasteiger partial charge in [0.25, 0.3) is 11.8 Å². The molecule has 1 aromatic rings. The third-order valence-corrected chi connectivity index (χ3v) is 5.88. The molecule has 0 aliphatic carbocycles. The summed E-state index contributed by atoms with van der Waals surface area (Å²) in [5, 5.41) is 2.69. The lowest BCUT2D eigenvalue weighted by atomic mass is 10.1. The number of carbonyl (C=O) groups is 2. The van der Waals surface area contributed by atoms with Gasteiger partial charge in [0.1, 0.15) is 0 Å². The maximum atomic E-state index is 12.4. The molecule has 9 heteroatoms. The van der Waals surface area contributed by atoms with Crippen molar-refractivity contribution in [1.29, 1.82) is 0 Å². The molecule has 130 valence electrons. The van der Waals surface area contributed by atoms with E-state index in [-0.39, 0.29) is 29.0 Å². The lowest BCUT2D eigenvalue weighted by Crippen LogP contribution is -2.41. The highest BCUT2D eigenvalue weighted by Gasteiger charge is 2.29. The van der Waals surface area contributed by atoms with Crippen LogP contribution in [0.25, 0.3) is 0 Å². The average Bonchev–Trinajstić information content (AvgIpc) is 2.93. The Labute approximate surface area is 140 Å². The first-order valence-electron chi connectivity index (χ1n) is 7.78.